The van der Waals surface area contributed by atoms with E-state index in [0.29, 0.717) is 16.7 Å². The Morgan fingerprint density at radius 1 is 1.19 bits per heavy atom. The van der Waals surface area contributed by atoms with Crippen molar-refractivity contribution in [3.05, 3.63) is 46.8 Å². The van der Waals surface area contributed by atoms with Crippen LogP contribution < -0.4 is 9.47 Å². The monoisotopic (exact) mass is 455 g/mol. The van der Waals surface area contributed by atoms with Gasteiger partial charge >= 0.3 is 0 Å². The van der Waals surface area contributed by atoms with E-state index in [1.165, 1.54) is 28.5 Å². The first kappa shape index (κ1) is 21.3. The van der Waals surface area contributed by atoms with Crippen LogP contribution in [0.1, 0.15) is 17.0 Å². The molecule has 0 fully saturated rings. The van der Waals surface area contributed by atoms with Gasteiger partial charge in [0, 0.05) is 17.5 Å². The number of hydrogen-bond acceptors (Lipinski definition) is 7. The summed E-state index contributed by atoms with van der Waals surface area (Å²) in [5, 5.41) is 14.7. The summed E-state index contributed by atoms with van der Waals surface area (Å²) in [6.45, 7) is 3.93. The minimum Gasteiger partial charge on any atom is -0.497 e. The Labute approximate surface area is 188 Å². The number of ether oxygens (including phenoxy) is 2. The first-order valence-corrected chi connectivity index (χ1v) is 11.4. The van der Waals surface area contributed by atoms with Crippen molar-refractivity contribution in [1.29, 1.82) is 5.41 Å². The summed E-state index contributed by atoms with van der Waals surface area (Å²) in [5.41, 5.74) is 3.70. The third-order valence-corrected chi connectivity index (χ3v) is 6.89. The molecule has 2 aliphatic heterocycles. The molecule has 0 saturated carbocycles. The number of fused-ring (bicyclic) bond motifs is 1. The number of hydrazone groups is 1. The predicted octanol–water partition coefficient (Wildman–Crippen LogP) is 4.05. The fourth-order valence-electron chi connectivity index (χ4n) is 3.49. The maximum absolute atomic E-state index is 12.7. The lowest BCUT2D eigenvalue weighted by Crippen LogP contribution is -2.35. The smallest absolute Gasteiger partial charge is 0.283 e. The number of amidine groups is 2. The molecule has 10 heteroatoms. The van der Waals surface area contributed by atoms with Gasteiger partial charge in [-0.3, -0.25) is 10.2 Å². The highest BCUT2D eigenvalue weighted by Crippen LogP contribution is 2.34. The van der Waals surface area contributed by atoms with Crippen molar-refractivity contribution in [2.45, 2.75) is 13.8 Å². The van der Waals surface area contributed by atoms with Crippen molar-refractivity contribution in [2.24, 2.45) is 10.1 Å². The zero-order chi connectivity index (χ0) is 22.3. The molecule has 0 spiro atoms. The highest BCUT2D eigenvalue weighted by Gasteiger charge is 2.35. The van der Waals surface area contributed by atoms with Gasteiger partial charge in [0.25, 0.3) is 5.91 Å². The molecule has 0 aliphatic carbocycles. The maximum atomic E-state index is 12.7. The first-order valence-electron chi connectivity index (χ1n) is 9.33. The fourth-order valence-corrected chi connectivity index (χ4v) is 4.83. The summed E-state index contributed by atoms with van der Waals surface area (Å²) in [6, 6.07) is 7.57. The highest BCUT2D eigenvalue weighted by molar-refractivity contribution is 8.45. The average molecular weight is 456 g/mol. The fraction of sp³-hybridized carbons (Fsp3) is 0.238. The van der Waals surface area contributed by atoms with Crippen LogP contribution in [0, 0.1) is 19.3 Å². The minimum absolute atomic E-state index is 0.0234. The molecule has 1 aromatic carbocycles. The molecule has 2 aromatic rings. The van der Waals surface area contributed by atoms with Crippen LogP contribution >= 0.6 is 23.5 Å². The molecule has 31 heavy (non-hydrogen) atoms. The summed E-state index contributed by atoms with van der Waals surface area (Å²) in [4.78, 5) is 16.8. The number of aryl methyl sites for hydroxylation is 1. The van der Waals surface area contributed by atoms with E-state index in [1.807, 2.05) is 48.9 Å². The van der Waals surface area contributed by atoms with Gasteiger partial charge in [-0.1, -0.05) is 0 Å². The Balaban J connectivity index is 1.79. The molecule has 160 valence electrons. The Morgan fingerprint density at radius 3 is 2.65 bits per heavy atom. The third kappa shape index (κ3) is 3.66. The van der Waals surface area contributed by atoms with E-state index in [9.17, 15) is 4.79 Å². The largest absolute Gasteiger partial charge is 0.497 e. The van der Waals surface area contributed by atoms with Crippen LogP contribution in [0.5, 0.6) is 11.5 Å². The second-order valence-corrected chi connectivity index (χ2v) is 8.80. The van der Waals surface area contributed by atoms with E-state index < -0.39 is 5.91 Å². The van der Waals surface area contributed by atoms with E-state index in [2.05, 4.69) is 10.1 Å². The molecule has 1 amide bonds. The van der Waals surface area contributed by atoms with Crippen molar-refractivity contribution in [3.8, 4) is 17.2 Å². The number of carbonyl (C=O) groups excluding carboxylic acids is 1. The molecular weight excluding hydrogens is 434 g/mol. The summed E-state index contributed by atoms with van der Waals surface area (Å²) >= 11 is 2.75. The maximum Gasteiger partial charge on any atom is 0.283 e. The van der Waals surface area contributed by atoms with Crippen LogP contribution in [0.15, 0.2) is 39.9 Å². The zero-order valence-corrected chi connectivity index (χ0v) is 19.3. The van der Waals surface area contributed by atoms with Crippen molar-refractivity contribution >= 4 is 50.9 Å². The lowest BCUT2D eigenvalue weighted by molar-refractivity contribution is -0.114. The number of nitrogens with zero attached hydrogens (tertiary/aromatic N) is 4. The van der Waals surface area contributed by atoms with Gasteiger partial charge in [0.2, 0.25) is 5.17 Å². The van der Waals surface area contributed by atoms with Gasteiger partial charge in [-0.2, -0.15) is 10.0 Å². The molecule has 0 unspecified atom stereocenters. The predicted molar refractivity (Wildman–Crippen MR) is 127 cm³/mol. The number of aliphatic imine (C=N–C) groups is 1. The number of carbonyl (C=O) groups is 1. The number of nitrogens with one attached hydrogen (secondary N) is 1. The van der Waals surface area contributed by atoms with Crippen molar-refractivity contribution in [2.75, 3.05) is 20.5 Å². The lowest BCUT2D eigenvalue weighted by atomic mass is 10.1. The van der Waals surface area contributed by atoms with Gasteiger partial charge in [0.15, 0.2) is 10.2 Å². The quantitative estimate of drug-likeness (QED) is 0.699. The van der Waals surface area contributed by atoms with E-state index in [0.717, 1.165) is 27.0 Å². The van der Waals surface area contributed by atoms with Gasteiger partial charge in [-0.25, -0.2) is 0 Å². The third-order valence-electron chi connectivity index (χ3n) is 5.01. The Hall–Kier alpha value is -2.98. The number of benzene rings is 1. The molecule has 1 N–H and O–H groups in total. The van der Waals surface area contributed by atoms with Gasteiger partial charge in [0.05, 0.1) is 25.5 Å². The summed E-state index contributed by atoms with van der Waals surface area (Å²) < 4.78 is 13.7. The van der Waals surface area contributed by atoms with Crippen LogP contribution in [0.25, 0.3) is 11.8 Å². The molecule has 0 atom stereocenters. The van der Waals surface area contributed by atoms with Gasteiger partial charge < -0.3 is 14.0 Å². The van der Waals surface area contributed by atoms with Crippen LogP contribution in [-0.2, 0) is 4.79 Å². The molecule has 0 saturated heterocycles. The number of hydrogen-bond donors (Lipinski definition) is 1. The normalized spacial score (nSPS) is 17.1. The van der Waals surface area contributed by atoms with Crippen molar-refractivity contribution < 1.29 is 14.3 Å². The molecule has 8 nitrogen and oxygen atoms in total. The summed E-state index contributed by atoms with van der Waals surface area (Å²) in [5.74, 6) is 0.995. The van der Waals surface area contributed by atoms with E-state index in [4.69, 9.17) is 14.9 Å². The Bertz CT molecular complexity index is 1200. The Morgan fingerprint density at radius 2 is 1.97 bits per heavy atom. The SMILES string of the molecule is COc1ccc(OC)c(-n2c(C)cc(/C=C3/C(=N)N4N=C(SC)SC4=NC3=O)c2C)c1. The van der Waals surface area contributed by atoms with Gasteiger partial charge in [-0.15, -0.1) is 16.9 Å². The van der Waals surface area contributed by atoms with E-state index in [-0.39, 0.29) is 11.4 Å². The van der Waals surface area contributed by atoms with Crippen LogP contribution in [0.4, 0.5) is 0 Å². The average Bonchev–Trinajstić information content (AvgIpc) is 3.30. The van der Waals surface area contributed by atoms with Crippen molar-refractivity contribution in [3.63, 3.8) is 0 Å². The number of aromatic nitrogens is 1. The number of rotatable bonds is 4. The molecular formula is C21H21N5O3S2. The topological polar surface area (TPSA) is 92.3 Å². The van der Waals surface area contributed by atoms with Gasteiger partial charge in [-0.05, 0) is 61.7 Å². The minimum atomic E-state index is -0.440. The van der Waals surface area contributed by atoms with Crippen LogP contribution in [0.3, 0.4) is 0 Å². The zero-order valence-electron chi connectivity index (χ0n) is 17.7. The lowest BCUT2D eigenvalue weighted by Gasteiger charge is -2.20. The Kier molecular flexibility index (Phi) is 5.67. The summed E-state index contributed by atoms with van der Waals surface area (Å²) in [6.07, 6.45) is 3.60. The second kappa shape index (κ2) is 8.27. The molecule has 2 aliphatic rings. The molecule has 3 heterocycles. The number of thioether (sulfide) groups is 2. The van der Waals surface area contributed by atoms with E-state index in [1.54, 1.807) is 20.3 Å². The van der Waals surface area contributed by atoms with Crippen molar-refractivity contribution in [1.82, 2.24) is 9.58 Å². The standard InChI is InChI=1S/C21H21N5O3S2/c1-11-8-13(12(2)25(11)16-10-14(28-3)6-7-17(16)29-4)9-15-18(22)26-20(23-19(15)27)31-21(24-26)30-5/h6-10,22H,1-5H3/b15-9-,22-18?. The highest BCUT2D eigenvalue weighted by atomic mass is 32.2. The van der Waals surface area contributed by atoms with E-state index >= 15 is 0 Å². The molecule has 0 radical (unpaired) electrons. The molecule has 1 aromatic heterocycles. The van der Waals surface area contributed by atoms with Crippen LogP contribution in [0.2, 0.25) is 0 Å². The second-order valence-electron chi connectivity index (χ2n) is 6.79. The van der Waals surface area contributed by atoms with Gasteiger partial charge in [0.1, 0.15) is 11.5 Å². The number of amides is 1. The number of methoxy groups -OCH3 is 2. The first-order chi connectivity index (χ1) is 14.9. The molecule has 4 rings (SSSR count). The molecule has 0 bridgehead atoms. The summed E-state index contributed by atoms with van der Waals surface area (Å²) in [7, 11) is 3.24. The van der Waals surface area contributed by atoms with Crippen LogP contribution in [-0.4, -0.2) is 51.3 Å².